The van der Waals surface area contributed by atoms with Crippen LogP contribution in [0.3, 0.4) is 0 Å². The second kappa shape index (κ2) is 6.65. The Morgan fingerprint density at radius 3 is 2.75 bits per heavy atom. The molecule has 0 spiro atoms. The molecule has 0 bridgehead atoms. The number of hydrogen-bond donors (Lipinski definition) is 0. The lowest BCUT2D eigenvalue weighted by molar-refractivity contribution is -0.0304. The number of rotatable bonds is 3. The molecule has 1 aromatic rings. The van der Waals surface area contributed by atoms with E-state index >= 15 is 0 Å². The molecule has 2 aliphatic heterocycles. The summed E-state index contributed by atoms with van der Waals surface area (Å²) in [5.41, 5.74) is 1.15. The van der Waals surface area contributed by atoms with E-state index < -0.39 is 0 Å². The largest absolute Gasteiger partial charge is 0.392 e. The lowest BCUT2D eigenvalue weighted by atomic mass is 10.1. The van der Waals surface area contributed by atoms with Gasteiger partial charge in [0.1, 0.15) is 6.10 Å². The van der Waals surface area contributed by atoms with Crippen LogP contribution >= 0.6 is 0 Å². The van der Waals surface area contributed by atoms with Crippen LogP contribution in [0.5, 0.6) is 0 Å². The van der Waals surface area contributed by atoms with Gasteiger partial charge in [0.05, 0.1) is 18.9 Å². The Kier molecular flexibility index (Phi) is 4.42. The molecule has 2 fully saturated rings. The molecule has 0 amide bonds. The summed E-state index contributed by atoms with van der Waals surface area (Å²) in [5, 5.41) is 12.4. The monoisotopic (exact) mass is 276 g/mol. The van der Waals surface area contributed by atoms with E-state index in [0.29, 0.717) is 0 Å². The standard InChI is InChI=1S/C14H20N4O2/c1-2-14(16-15-7-1)18-8-3-12(4-9-18)17-20-13-5-10-19-11-6-13/h1-2,7,13H,3-6,8-11H2. The molecule has 0 saturated carbocycles. The van der Waals surface area contributed by atoms with Gasteiger partial charge in [0.15, 0.2) is 5.82 Å². The highest BCUT2D eigenvalue weighted by Crippen LogP contribution is 2.16. The molecule has 20 heavy (non-hydrogen) atoms. The third-order valence-corrected chi connectivity index (χ3v) is 3.72. The minimum absolute atomic E-state index is 0.231. The van der Waals surface area contributed by atoms with Crippen molar-refractivity contribution in [1.82, 2.24) is 10.2 Å². The minimum atomic E-state index is 0.231. The fourth-order valence-corrected chi connectivity index (χ4v) is 2.48. The van der Waals surface area contributed by atoms with Gasteiger partial charge in [-0.2, -0.15) is 5.10 Å². The van der Waals surface area contributed by atoms with Crippen molar-refractivity contribution in [2.24, 2.45) is 5.16 Å². The quantitative estimate of drug-likeness (QED) is 0.785. The Morgan fingerprint density at radius 2 is 2.05 bits per heavy atom. The maximum atomic E-state index is 5.62. The van der Waals surface area contributed by atoms with Crippen LogP contribution in [0.2, 0.25) is 0 Å². The highest BCUT2D eigenvalue weighted by atomic mass is 16.6. The highest BCUT2D eigenvalue weighted by molar-refractivity contribution is 5.86. The summed E-state index contributed by atoms with van der Waals surface area (Å²) >= 11 is 0. The first-order chi connectivity index (χ1) is 9.92. The van der Waals surface area contributed by atoms with Crippen LogP contribution in [0.25, 0.3) is 0 Å². The summed E-state index contributed by atoms with van der Waals surface area (Å²) in [6.45, 7) is 3.43. The number of anilines is 1. The molecule has 3 rings (SSSR count). The third-order valence-electron chi connectivity index (χ3n) is 3.72. The molecule has 0 atom stereocenters. The maximum absolute atomic E-state index is 5.62. The predicted octanol–water partition coefficient (Wildman–Crippen LogP) is 1.63. The van der Waals surface area contributed by atoms with Crippen molar-refractivity contribution in [2.75, 3.05) is 31.2 Å². The summed E-state index contributed by atoms with van der Waals surface area (Å²) < 4.78 is 5.31. The second-order valence-electron chi connectivity index (χ2n) is 5.14. The van der Waals surface area contributed by atoms with Crippen LogP contribution in [-0.4, -0.2) is 48.3 Å². The average molecular weight is 276 g/mol. The SMILES string of the molecule is c1cnnc(N2CCC(=NOC3CCOCC3)CC2)c1. The van der Waals surface area contributed by atoms with Crippen molar-refractivity contribution in [3.8, 4) is 0 Å². The van der Waals surface area contributed by atoms with Crippen molar-refractivity contribution in [1.29, 1.82) is 0 Å². The van der Waals surface area contributed by atoms with Gasteiger partial charge in [-0.25, -0.2) is 0 Å². The molecule has 108 valence electrons. The number of ether oxygens (including phenoxy) is 1. The number of oxime groups is 1. The Morgan fingerprint density at radius 1 is 1.25 bits per heavy atom. The Hall–Kier alpha value is -1.69. The van der Waals surface area contributed by atoms with Crippen LogP contribution < -0.4 is 4.90 Å². The molecule has 0 unspecified atom stereocenters. The summed E-state index contributed by atoms with van der Waals surface area (Å²) in [6.07, 6.45) is 5.68. The van der Waals surface area contributed by atoms with Gasteiger partial charge >= 0.3 is 0 Å². The van der Waals surface area contributed by atoms with Crippen LogP contribution in [-0.2, 0) is 9.57 Å². The first-order valence-electron chi connectivity index (χ1n) is 7.24. The summed E-state index contributed by atoms with van der Waals surface area (Å²) in [5.74, 6) is 0.942. The van der Waals surface area contributed by atoms with E-state index in [1.807, 2.05) is 12.1 Å². The smallest absolute Gasteiger partial charge is 0.151 e. The summed E-state index contributed by atoms with van der Waals surface area (Å²) in [6, 6.07) is 3.91. The predicted molar refractivity (Wildman–Crippen MR) is 75.8 cm³/mol. The maximum Gasteiger partial charge on any atom is 0.151 e. The minimum Gasteiger partial charge on any atom is -0.392 e. The molecule has 1 aromatic heterocycles. The van der Waals surface area contributed by atoms with Crippen molar-refractivity contribution in [3.63, 3.8) is 0 Å². The molecule has 0 aromatic carbocycles. The van der Waals surface area contributed by atoms with Gasteiger partial charge in [-0.05, 0) is 12.1 Å². The lowest BCUT2D eigenvalue weighted by Gasteiger charge is -2.28. The van der Waals surface area contributed by atoms with E-state index in [2.05, 4.69) is 20.3 Å². The molecular weight excluding hydrogens is 256 g/mol. The van der Waals surface area contributed by atoms with E-state index in [9.17, 15) is 0 Å². The molecule has 2 saturated heterocycles. The molecule has 6 nitrogen and oxygen atoms in total. The van der Waals surface area contributed by atoms with Crippen LogP contribution in [0.15, 0.2) is 23.5 Å². The Balaban J connectivity index is 1.48. The highest BCUT2D eigenvalue weighted by Gasteiger charge is 2.19. The first kappa shape index (κ1) is 13.3. The number of aromatic nitrogens is 2. The zero-order chi connectivity index (χ0) is 13.6. The molecular formula is C14H20N4O2. The van der Waals surface area contributed by atoms with Gasteiger partial charge in [-0.3, -0.25) is 0 Å². The van der Waals surface area contributed by atoms with Gasteiger partial charge in [0.2, 0.25) is 0 Å². The van der Waals surface area contributed by atoms with Crippen LogP contribution in [0.4, 0.5) is 5.82 Å². The van der Waals surface area contributed by atoms with E-state index in [1.54, 1.807) is 6.20 Å². The van der Waals surface area contributed by atoms with E-state index in [-0.39, 0.29) is 6.10 Å². The van der Waals surface area contributed by atoms with Gasteiger partial charge < -0.3 is 14.5 Å². The lowest BCUT2D eigenvalue weighted by Crippen LogP contribution is -2.34. The number of nitrogens with zero attached hydrogens (tertiary/aromatic N) is 4. The Labute approximate surface area is 118 Å². The number of piperidine rings is 1. The van der Waals surface area contributed by atoms with Gasteiger partial charge in [0.25, 0.3) is 0 Å². The average Bonchev–Trinajstić information content (AvgIpc) is 2.55. The van der Waals surface area contributed by atoms with Crippen molar-refractivity contribution < 1.29 is 9.57 Å². The molecule has 3 heterocycles. The molecule has 2 aliphatic rings. The second-order valence-corrected chi connectivity index (χ2v) is 5.14. The van der Waals surface area contributed by atoms with E-state index in [1.165, 1.54) is 0 Å². The zero-order valence-electron chi connectivity index (χ0n) is 11.6. The zero-order valence-corrected chi connectivity index (χ0v) is 11.6. The summed E-state index contributed by atoms with van der Waals surface area (Å²) in [4.78, 5) is 7.86. The van der Waals surface area contributed by atoms with Crippen LogP contribution in [0.1, 0.15) is 25.7 Å². The summed E-state index contributed by atoms with van der Waals surface area (Å²) in [7, 11) is 0. The normalized spacial score (nSPS) is 20.8. The fourth-order valence-electron chi connectivity index (χ4n) is 2.48. The third kappa shape index (κ3) is 3.45. The van der Waals surface area contributed by atoms with Crippen molar-refractivity contribution in [2.45, 2.75) is 31.8 Å². The van der Waals surface area contributed by atoms with Gasteiger partial charge in [-0.15, -0.1) is 5.10 Å². The van der Waals surface area contributed by atoms with Crippen LogP contribution in [0, 0.1) is 0 Å². The van der Waals surface area contributed by atoms with Gasteiger partial charge in [-0.1, -0.05) is 5.16 Å². The fraction of sp³-hybridized carbons (Fsp3) is 0.643. The molecule has 0 radical (unpaired) electrons. The first-order valence-corrected chi connectivity index (χ1v) is 7.24. The number of hydrogen-bond acceptors (Lipinski definition) is 6. The van der Waals surface area contributed by atoms with Gasteiger partial charge in [0, 0.05) is 45.0 Å². The van der Waals surface area contributed by atoms with E-state index in [0.717, 1.165) is 63.5 Å². The molecule has 6 heteroatoms. The van der Waals surface area contributed by atoms with E-state index in [4.69, 9.17) is 9.57 Å². The molecule has 0 aliphatic carbocycles. The van der Waals surface area contributed by atoms with Crippen molar-refractivity contribution >= 4 is 11.5 Å². The molecule has 0 N–H and O–H groups in total. The van der Waals surface area contributed by atoms with Crippen molar-refractivity contribution in [3.05, 3.63) is 18.3 Å². The topological polar surface area (TPSA) is 59.8 Å². The Bertz CT molecular complexity index is 436.